The Hall–Kier alpha value is -2.62. The maximum Gasteiger partial charge on any atom is 0.156 e. The topological polar surface area (TPSA) is 30.0 Å². The van der Waals surface area contributed by atoms with Gasteiger partial charge in [0, 0.05) is 38.1 Å². The summed E-state index contributed by atoms with van der Waals surface area (Å²) < 4.78 is 0. The molecule has 2 aromatic rings. The molecule has 2 aromatic carbocycles. The van der Waals surface area contributed by atoms with Gasteiger partial charge in [-0.25, -0.2) is 0 Å². The van der Waals surface area contributed by atoms with Crippen LogP contribution in [0, 0.1) is 0 Å². The first kappa shape index (κ1) is 15.9. The van der Waals surface area contributed by atoms with Gasteiger partial charge in [-0.3, -0.25) is 0 Å². The lowest BCUT2D eigenvalue weighted by Crippen LogP contribution is -2.47. The van der Waals surface area contributed by atoms with Gasteiger partial charge in [-0.2, -0.15) is 0 Å². The quantitative estimate of drug-likeness (QED) is 0.922. The van der Waals surface area contributed by atoms with Crippen molar-refractivity contribution in [1.82, 2.24) is 14.7 Å². The molecule has 0 spiro atoms. The Morgan fingerprint density at radius 1 is 1.00 bits per heavy atom. The maximum absolute atomic E-state index is 10.5. The lowest BCUT2D eigenvalue weighted by Gasteiger charge is -2.43. The molecular weight excluding hydrogens is 310 g/mol. The number of aliphatic hydroxyl groups is 1. The molecule has 0 saturated heterocycles. The zero-order chi connectivity index (χ0) is 17.4. The number of aliphatic hydroxyl groups excluding tert-OH is 1. The standard InChI is InChI=1S/C21H25N3O/c1-16(2)24-14-21(25)20-13-22(10-11-23(20)15-24)12-18-8-5-7-17-6-3-4-9-19(17)18/h3-9,13-14,16,25H,10-12,15H2,1-2H3. The van der Waals surface area contributed by atoms with Crippen LogP contribution in [0.2, 0.25) is 0 Å². The van der Waals surface area contributed by atoms with Gasteiger partial charge < -0.3 is 19.8 Å². The summed E-state index contributed by atoms with van der Waals surface area (Å²) in [6.07, 6.45) is 3.98. The Morgan fingerprint density at radius 2 is 1.80 bits per heavy atom. The van der Waals surface area contributed by atoms with Crippen molar-refractivity contribution in [2.45, 2.75) is 26.4 Å². The van der Waals surface area contributed by atoms with Crippen LogP contribution in [0.5, 0.6) is 0 Å². The third-order valence-corrected chi connectivity index (χ3v) is 5.10. The Kier molecular flexibility index (Phi) is 4.04. The summed E-state index contributed by atoms with van der Waals surface area (Å²) in [7, 11) is 0. The highest BCUT2D eigenvalue weighted by molar-refractivity contribution is 5.85. The van der Waals surface area contributed by atoms with E-state index in [0.717, 1.165) is 32.0 Å². The molecule has 0 bridgehead atoms. The molecule has 0 saturated carbocycles. The normalized spacial score (nSPS) is 17.6. The van der Waals surface area contributed by atoms with Crippen LogP contribution >= 0.6 is 0 Å². The third-order valence-electron chi connectivity index (χ3n) is 5.10. The maximum atomic E-state index is 10.5. The van der Waals surface area contributed by atoms with Crippen LogP contribution < -0.4 is 0 Å². The zero-order valence-corrected chi connectivity index (χ0v) is 14.9. The molecule has 25 heavy (non-hydrogen) atoms. The van der Waals surface area contributed by atoms with E-state index < -0.39 is 0 Å². The van der Waals surface area contributed by atoms with Gasteiger partial charge in [0.15, 0.2) is 5.76 Å². The van der Waals surface area contributed by atoms with Gasteiger partial charge in [0.25, 0.3) is 0 Å². The van der Waals surface area contributed by atoms with Crippen LogP contribution in [0.25, 0.3) is 10.8 Å². The molecule has 0 unspecified atom stereocenters. The fraction of sp³-hybridized carbons (Fsp3) is 0.333. The number of benzene rings is 2. The third kappa shape index (κ3) is 3.04. The Labute approximate surface area is 149 Å². The minimum atomic E-state index is 0.363. The molecule has 0 radical (unpaired) electrons. The summed E-state index contributed by atoms with van der Waals surface area (Å²) in [5.41, 5.74) is 2.26. The van der Waals surface area contributed by atoms with E-state index in [2.05, 4.69) is 77.2 Å². The lowest BCUT2D eigenvalue weighted by molar-refractivity contribution is 0.120. The predicted octanol–water partition coefficient (Wildman–Crippen LogP) is 3.88. The predicted molar refractivity (Wildman–Crippen MR) is 102 cm³/mol. The van der Waals surface area contributed by atoms with Crippen LogP contribution in [-0.2, 0) is 6.54 Å². The van der Waals surface area contributed by atoms with Gasteiger partial charge in [0.2, 0.25) is 0 Å². The molecule has 0 aromatic heterocycles. The number of hydrogen-bond donors (Lipinski definition) is 1. The van der Waals surface area contributed by atoms with E-state index in [4.69, 9.17) is 0 Å². The van der Waals surface area contributed by atoms with Gasteiger partial charge in [-0.05, 0) is 30.2 Å². The number of hydrogen-bond acceptors (Lipinski definition) is 4. The van der Waals surface area contributed by atoms with Crippen LogP contribution in [0.3, 0.4) is 0 Å². The fourth-order valence-corrected chi connectivity index (χ4v) is 3.61. The number of nitrogens with zero attached hydrogens (tertiary/aromatic N) is 3. The molecule has 2 aliphatic rings. The molecule has 0 fully saturated rings. The summed E-state index contributed by atoms with van der Waals surface area (Å²) in [5, 5.41) is 13.0. The summed E-state index contributed by atoms with van der Waals surface area (Å²) in [6.45, 7) is 7.89. The van der Waals surface area contributed by atoms with E-state index in [9.17, 15) is 5.11 Å². The fourth-order valence-electron chi connectivity index (χ4n) is 3.61. The van der Waals surface area contributed by atoms with Crippen molar-refractivity contribution in [3.8, 4) is 0 Å². The second-order valence-corrected chi connectivity index (χ2v) is 7.15. The summed E-state index contributed by atoms with van der Waals surface area (Å²) >= 11 is 0. The first-order valence-corrected chi connectivity index (χ1v) is 8.96. The molecule has 0 amide bonds. The summed E-state index contributed by atoms with van der Waals surface area (Å²) in [5.74, 6) is 0.363. The first-order valence-electron chi connectivity index (χ1n) is 8.96. The summed E-state index contributed by atoms with van der Waals surface area (Å²) in [6, 6.07) is 15.4. The van der Waals surface area contributed by atoms with E-state index in [1.54, 1.807) is 0 Å². The largest absolute Gasteiger partial charge is 0.504 e. The highest BCUT2D eigenvalue weighted by atomic mass is 16.3. The average Bonchev–Trinajstić information content (AvgIpc) is 2.62. The minimum absolute atomic E-state index is 0.363. The first-order chi connectivity index (χ1) is 12.1. The van der Waals surface area contributed by atoms with Gasteiger partial charge in [-0.15, -0.1) is 0 Å². The summed E-state index contributed by atoms with van der Waals surface area (Å²) in [4.78, 5) is 6.74. The molecule has 130 valence electrons. The second-order valence-electron chi connectivity index (χ2n) is 7.15. The Bertz CT molecular complexity index is 835. The highest BCUT2D eigenvalue weighted by Gasteiger charge is 2.27. The monoisotopic (exact) mass is 335 g/mol. The van der Waals surface area contributed by atoms with E-state index >= 15 is 0 Å². The SMILES string of the molecule is CC(C)N1C=C(O)C2=CN(Cc3cccc4ccccc34)CCN2C1. The van der Waals surface area contributed by atoms with Crippen LogP contribution in [0.1, 0.15) is 19.4 Å². The molecule has 0 aliphatic carbocycles. The van der Waals surface area contributed by atoms with Gasteiger partial charge in [-0.1, -0.05) is 42.5 Å². The molecule has 4 rings (SSSR count). The molecule has 0 atom stereocenters. The van der Waals surface area contributed by atoms with Crippen LogP contribution in [0.4, 0.5) is 0 Å². The highest BCUT2D eigenvalue weighted by Crippen LogP contribution is 2.27. The smallest absolute Gasteiger partial charge is 0.156 e. The second kappa shape index (κ2) is 6.36. The molecule has 2 aliphatic heterocycles. The molecule has 4 nitrogen and oxygen atoms in total. The zero-order valence-electron chi connectivity index (χ0n) is 14.9. The van der Waals surface area contributed by atoms with Crippen LogP contribution in [0.15, 0.2) is 66.3 Å². The molecule has 4 heteroatoms. The molecule has 1 N–H and O–H groups in total. The van der Waals surface area contributed by atoms with Crippen molar-refractivity contribution in [1.29, 1.82) is 0 Å². The van der Waals surface area contributed by atoms with Gasteiger partial charge >= 0.3 is 0 Å². The average molecular weight is 335 g/mol. The van der Waals surface area contributed by atoms with Crippen molar-refractivity contribution in [3.05, 3.63) is 71.9 Å². The van der Waals surface area contributed by atoms with Gasteiger partial charge in [0.1, 0.15) is 0 Å². The van der Waals surface area contributed by atoms with E-state index in [1.165, 1.54) is 16.3 Å². The van der Waals surface area contributed by atoms with Crippen molar-refractivity contribution in [3.63, 3.8) is 0 Å². The number of rotatable bonds is 3. The minimum Gasteiger partial charge on any atom is -0.504 e. The van der Waals surface area contributed by atoms with Crippen molar-refractivity contribution in [2.75, 3.05) is 19.8 Å². The van der Waals surface area contributed by atoms with E-state index in [-0.39, 0.29) is 0 Å². The van der Waals surface area contributed by atoms with Crippen molar-refractivity contribution in [2.24, 2.45) is 0 Å². The molecule has 2 heterocycles. The van der Waals surface area contributed by atoms with Crippen molar-refractivity contribution >= 4 is 10.8 Å². The Morgan fingerprint density at radius 3 is 2.64 bits per heavy atom. The molecular formula is C21H25N3O. The lowest BCUT2D eigenvalue weighted by atomic mass is 10.0. The van der Waals surface area contributed by atoms with Gasteiger partial charge in [0.05, 0.1) is 12.4 Å². The number of fused-ring (bicyclic) bond motifs is 2. The van der Waals surface area contributed by atoms with E-state index in [1.807, 2.05) is 6.20 Å². The Balaban J connectivity index is 1.60. The van der Waals surface area contributed by atoms with Crippen LogP contribution in [-0.4, -0.2) is 45.6 Å². The van der Waals surface area contributed by atoms with E-state index in [0.29, 0.717) is 11.8 Å². The van der Waals surface area contributed by atoms with Crippen molar-refractivity contribution < 1.29 is 5.11 Å².